The highest BCUT2D eigenvalue weighted by molar-refractivity contribution is 6.31. The molecule has 1 aromatic carbocycles. The summed E-state index contributed by atoms with van der Waals surface area (Å²) in [7, 11) is 0. The highest BCUT2D eigenvalue weighted by Gasteiger charge is 2.08. The molecule has 0 radical (unpaired) electrons. The highest BCUT2D eigenvalue weighted by Crippen LogP contribution is 2.18. The third-order valence-electron chi connectivity index (χ3n) is 2.86. The maximum Gasteiger partial charge on any atom is 0.141 e. The van der Waals surface area contributed by atoms with E-state index in [-0.39, 0.29) is 5.82 Å². The van der Waals surface area contributed by atoms with Crippen LogP contribution in [-0.2, 0) is 13.1 Å². The summed E-state index contributed by atoms with van der Waals surface area (Å²) in [5.41, 5.74) is 0.697. The van der Waals surface area contributed by atoms with Crippen molar-refractivity contribution < 1.29 is 4.39 Å². The molecule has 4 nitrogen and oxygen atoms in total. The van der Waals surface area contributed by atoms with Gasteiger partial charge in [0.25, 0.3) is 0 Å². The summed E-state index contributed by atoms with van der Waals surface area (Å²) in [4.78, 5) is 4.21. The van der Waals surface area contributed by atoms with E-state index in [0.29, 0.717) is 29.6 Å². The summed E-state index contributed by atoms with van der Waals surface area (Å²) in [6.45, 7) is 6.24. The van der Waals surface area contributed by atoms with Gasteiger partial charge in [-0.1, -0.05) is 25.4 Å². The molecule has 0 atom stereocenters. The zero-order valence-electron chi connectivity index (χ0n) is 11.6. The Hall–Kier alpha value is -1.46. The molecule has 0 fully saturated rings. The fraction of sp³-hybridized carbons (Fsp3) is 0.429. The molecule has 1 aromatic heterocycles. The molecular weight excluding hydrogens is 279 g/mol. The van der Waals surface area contributed by atoms with Crippen LogP contribution in [0.15, 0.2) is 24.5 Å². The smallest absolute Gasteiger partial charge is 0.141 e. The van der Waals surface area contributed by atoms with Gasteiger partial charge in [0.1, 0.15) is 18.0 Å². The molecule has 0 saturated carbocycles. The lowest BCUT2D eigenvalue weighted by molar-refractivity contribution is 0.523. The first-order valence-electron chi connectivity index (χ1n) is 6.57. The van der Waals surface area contributed by atoms with E-state index in [4.69, 9.17) is 11.6 Å². The van der Waals surface area contributed by atoms with Crippen molar-refractivity contribution >= 4 is 11.6 Å². The number of rotatable bonds is 6. The lowest BCUT2D eigenvalue weighted by atomic mass is 10.2. The van der Waals surface area contributed by atoms with Gasteiger partial charge in [0.05, 0.1) is 13.1 Å². The number of aromatic nitrogens is 3. The minimum atomic E-state index is -0.302. The third-order valence-corrected chi connectivity index (χ3v) is 3.23. The first-order chi connectivity index (χ1) is 9.56. The standard InChI is InChI=1S/C14H18ClFN4/c1-10(2)6-17-7-14-18-9-19-20(14)8-11-5-12(16)3-4-13(11)15/h3-5,9-10,17H,6-8H2,1-2H3. The molecule has 0 amide bonds. The average Bonchev–Trinajstić information content (AvgIpc) is 2.81. The second kappa shape index (κ2) is 6.81. The summed E-state index contributed by atoms with van der Waals surface area (Å²) in [5.74, 6) is 1.08. The summed E-state index contributed by atoms with van der Waals surface area (Å²) >= 11 is 6.07. The lowest BCUT2D eigenvalue weighted by Crippen LogP contribution is -2.22. The Labute approximate surface area is 123 Å². The van der Waals surface area contributed by atoms with Crippen molar-refractivity contribution in [2.45, 2.75) is 26.9 Å². The maximum atomic E-state index is 13.3. The van der Waals surface area contributed by atoms with Crippen molar-refractivity contribution in [2.24, 2.45) is 5.92 Å². The molecule has 108 valence electrons. The van der Waals surface area contributed by atoms with Gasteiger partial charge in [-0.25, -0.2) is 14.1 Å². The Kier molecular flexibility index (Phi) is 5.09. The minimum absolute atomic E-state index is 0.302. The first kappa shape index (κ1) is 14.9. The Morgan fingerprint density at radius 2 is 2.20 bits per heavy atom. The molecule has 2 rings (SSSR count). The van der Waals surface area contributed by atoms with Crippen LogP contribution in [0.1, 0.15) is 25.2 Å². The van der Waals surface area contributed by atoms with Crippen LogP contribution in [0.4, 0.5) is 4.39 Å². The van der Waals surface area contributed by atoms with Crippen molar-refractivity contribution in [2.75, 3.05) is 6.54 Å². The van der Waals surface area contributed by atoms with Gasteiger partial charge in [0.15, 0.2) is 0 Å². The van der Waals surface area contributed by atoms with Crippen molar-refractivity contribution in [3.05, 3.63) is 46.8 Å². The number of nitrogens with one attached hydrogen (secondary N) is 1. The maximum absolute atomic E-state index is 13.3. The number of benzene rings is 1. The second-order valence-electron chi connectivity index (χ2n) is 5.09. The van der Waals surface area contributed by atoms with Crippen LogP contribution in [0, 0.1) is 11.7 Å². The predicted octanol–water partition coefficient (Wildman–Crippen LogP) is 2.86. The van der Waals surface area contributed by atoms with E-state index in [9.17, 15) is 4.39 Å². The van der Waals surface area contributed by atoms with E-state index in [1.165, 1.54) is 18.5 Å². The average molecular weight is 297 g/mol. The van der Waals surface area contributed by atoms with Gasteiger partial charge in [-0.3, -0.25) is 0 Å². The van der Waals surface area contributed by atoms with Crippen LogP contribution in [-0.4, -0.2) is 21.3 Å². The zero-order chi connectivity index (χ0) is 14.5. The Bertz CT molecular complexity index is 568. The molecule has 0 aliphatic heterocycles. The molecule has 0 spiro atoms. The number of hydrogen-bond acceptors (Lipinski definition) is 3. The normalized spacial score (nSPS) is 11.2. The third kappa shape index (κ3) is 4.02. The highest BCUT2D eigenvalue weighted by atomic mass is 35.5. The summed E-state index contributed by atoms with van der Waals surface area (Å²) in [6, 6.07) is 4.33. The summed E-state index contributed by atoms with van der Waals surface area (Å²) in [6.07, 6.45) is 1.50. The number of hydrogen-bond donors (Lipinski definition) is 1. The van der Waals surface area contributed by atoms with Crippen molar-refractivity contribution in [1.29, 1.82) is 0 Å². The van der Waals surface area contributed by atoms with E-state index in [1.54, 1.807) is 10.7 Å². The van der Waals surface area contributed by atoms with Gasteiger partial charge in [-0.15, -0.1) is 0 Å². The van der Waals surface area contributed by atoms with Gasteiger partial charge < -0.3 is 5.32 Å². The lowest BCUT2D eigenvalue weighted by Gasteiger charge is -2.10. The summed E-state index contributed by atoms with van der Waals surface area (Å²) in [5, 5.41) is 8.00. The van der Waals surface area contributed by atoms with Crippen LogP contribution in [0.25, 0.3) is 0 Å². The van der Waals surface area contributed by atoms with Crippen molar-refractivity contribution in [1.82, 2.24) is 20.1 Å². The van der Waals surface area contributed by atoms with Gasteiger partial charge >= 0.3 is 0 Å². The fourth-order valence-electron chi connectivity index (χ4n) is 1.86. The quantitative estimate of drug-likeness (QED) is 0.891. The topological polar surface area (TPSA) is 42.7 Å². The molecule has 1 heterocycles. The Morgan fingerprint density at radius 1 is 1.40 bits per heavy atom. The van der Waals surface area contributed by atoms with Crippen molar-refractivity contribution in [3.63, 3.8) is 0 Å². The first-order valence-corrected chi connectivity index (χ1v) is 6.95. The Balaban J connectivity index is 2.06. The Morgan fingerprint density at radius 3 is 2.95 bits per heavy atom. The molecule has 0 aliphatic carbocycles. The fourth-order valence-corrected chi connectivity index (χ4v) is 2.03. The zero-order valence-corrected chi connectivity index (χ0v) is 12.4. The van der Waals surface area contributed by atoms with E-state index in [1.807, 2.05) is 0 Å². The van der Waals surface area contributed by atoms with E-state index < -0.39 is 0 Å². The molecule has 6 heteroatoms. The monoisotopic (exact) mass is 296 g/mol. The van der Waals surface area contributed by atoms with Crippen LogP contribution in [0.2, 0.25) is 5.02 Å². The van der Waals surface area contributed by atoms with E-state index in [0.717, 1.165) is 12.4 Å². The molecule has 0 saturated heterocycles. The van der Waals surface area contributed by atoms with Crippen LogP contribution in [0.3, 0.4) is 0 Å². The molecular formula is C14H18ClFN4. The van der Waals surface area contributed by atoms with E-state index in [2.05, 4.69) is 29.2 Å². The van der Waals surface area contributed by atoms with Gasteiger partial charge in [-0.2, -0.15) is 5.10 Å². The number of halogens is 2. The molecule has 2 aromatic rings. The van der Waals surface area contributed by atoms with E-state index >= 15 is 0 Å². The van der Waals surface area contributed by atoms with Crippen LogP contribution < -0.4 is 5.32 Å². The van der Waals surface area contributed by atoms with Gasteiger partial charge in [0.2, 0.25) is 0 Å². The van der Waals surface area contributed by atoms with Crippen LogP contribution >= 0.6 is 11.6 Å². The minimum Gasteiger partial charge on any atom is -0.310 e. The molecule has 0 unspecified atom stereocenters. The van der Waals surface area contributed by atoms with Gasteiger partial charge in [0, 0.05) is 5.02 Å². The van der Waals surface area contributed by atoms with Crippen LogP contribution in [0.5, 0.6) is 0 Å². The molecule has 20 heavy (non-hydrogen) atoms. The summed E-state index contributed by atoms with van der Waals surface area (Å²) < 4.78 is 15.0. The predicted molar refractivity (Wildman–Crippen MR) is 77.1 cm³/mol. The molecule has 0 aliphatic rings. The number of nitrogens with zero attached hydrogens (tertiary/aromatic N) is 3. The SMILES string of the molecule is CC(C)CNCc1ncnn1Cc1cc(F)ccc1Cl. The van der Waals surface area contributed by atoms with Gasteiger partial charge in [-0.05, 0) is 36.2 Å². The molecule has 0 bridgehead atoms. The largest absolute Gasteiger partial charge is 0.310 e. The molecule has 1 N–H and O–H groups in total. The van der Waals surface area contributed by atoms with Crippen molar-refractivity contribution in [3.8, 4) is 0 Å². The second-order valence-corrected chi connectivity index (χ2v) is 5.50.